The van der Waals surface area contributed by atoms with E-state index in [1.807, 2.05) is 35.2 Å². The van der Waals surface area contributed by atoms with Crippen LogP contribution in [-0.2, 0) is 6.42 Å². The van der Waals surface area contributed by atoms with Crippen molar-refractivity contribution in [2.24, 2.45) is 5.92 Å². The van der Waals surface area contributed by atoms with Crippen molar-refractivity contribution in [3.8, 4) is 5.75 Å². The topological polar surface area (TPSA) is 87.9 Å². The molecule has 188 valence electrons. The van der Waals surface area contributed by atoms with Crippen molar-refractivity contribution >= 4 is 23.0 Å². The van der Waals surface area contributed by atoms with Gasteiger partial charge in [-0.15, -0.1) is 0 Å². The largest absolute Gasteiger partial charge is 0.497 e. The van der Waals surface area contributed by atoms with Gasteiger partial charge in [0, 0.05) is 45.0 Å². The summed E-state index contributed by atoms with van der Waals surface area (Å²) in [6, 6.07) is 18.5. The van der Waals surface area contributed by atoms with E-state index in [2.05, 4.69) is 44.0 Å². The summed E-state index contributed by atoms with van der Waals surface area (Å²) in [7, 11) is 1.66. The molecule has 0 radical (unpaired) electrons. The van der Waals surface area contributed by atoms with E-state index in [4.69, 9.17) is 4.74 Å². The molecule has 0 amide bonds. The molecule has 2 fully saturated rings. The van der Waals surface area contributed by atoms with Gasteiger partial charge in [-0.05, 0) is 55.0 Å². The molecular weight excluding hydrogens is 456 g/mol. The second-order valence-electron chi connectivity index (χ2n) is 9.42. The van der Waals surface area contributed by atoms with Crippen LogP contribution >= 0.6 is 0 Å². The number of nitro groups is 1. The van der Waals surface area contributed by atoms with Crippen molar-refractivity contribution in [3.05, 3.63) is 76.6 Å². The number of methoxy groups -OCH3 is 1. The summed E-state index contributed by atoms with van der Waals surface area (Å²) < 4.78 is 5.25. The molecule has 2 saturated heterocycles. The predicted octanol–water partition coefficient (Wildman–Crippen LogP) is 4.18. The van der Waals surface area contributed by atoms with E-state index in [1.165, 1.54) is 11.9 Å². The lowest BCUT2D eigenvalue weighted by Crippen LogP contribution is -2.47. The number of hydrogen-bond acceptors (Lipinski definition) is 8. The van der Waals surface area contributed by atoms with Gasteiger partial charge in [-0.2, -0.15) is 0 Å². The number of aromatic nitrogens is 2. The molecule has 0 aliphatic carbocycles. The van der Waals surface area contributed by atoms with Crippen molar-refractivity contribution in [1.82, 2.24) is 9.97 Å². The van der Waals surface area contributed by atoms with Crippen LogP contribution in [0.3, 0.4) is 0 Å². The SMILES string of the molecule is COc1ccc(N2CCN(c3ncnc(N4CCC(Cc5ccccc5)CC4)c3[N+](=O)[O-])CC2)cc1. The Morgan fingerprint density at radius 2 is 1.44 bits per heavy atom. The minimum atomic E-state index is -0.309. The van der Waals surface area contributed by atoms with Crippen LogP contribution in [0.25, 0.3) is 0 Å². The van der Waals surface area contributed by atoms with E-state index in [0.717, 1.165) is 56.9 Å². The Kier molecular flexibility index (Phi) is 7.16. The molecule has 0 bridgehead atoms. The van der Waals surface area contributed by atoms with Crippen LogP contribution in [-0.4, -0.2) is 61.3 Å². The maximum Gasteiger partial charge on any atom is 0.353 e. The minimum absolute atomic E-state index is 0.0249. The van der Waals surface area contributed by atoms with E-state index < -0.39 is 0 Å². The maximum absolute atomic E-state index is 12.2. The summed E-state index contributed by atoms with van der Waals surface area (Å²) in [6.07, 6.45) is 4.51. The fraction of sp³-hybridized carbons (Fsp3) is 0.407. The smallest absolute Gasteiger partial charge is 0.353 e. The Bertz CT molecular complexity index is 1160. The first-order valence-electron chi connectivity index (χ1n) is 12.5. The quantitative estimate of drug-likeness (QED) is 0.362. The highest BCUT2D eigenvalue weighted by atomic mass is 16.6. The minimum Gasteiger partial charge on any atom is -0.497 e. The molecule has 5 rings (SSSR count). The maximum atomic E-state index is 12.2. The van der Waals surface area contributed by atoms with E-state index in [0.29, 0.717) is 30.6 Å². The van der Waals surface area contributed by atoms with Crippen LogP contribution in [0.4, 0.5) is 23.0 Å². The number of rotatable bonds is 7. The number of hydrogen-bond donors (Lipinski definition) is 0. The normalized spacial score (nSPS) is 16.8. The molecule has 36 heavy (non-hydrogen) atoms. The second-order valence-corrected chi connectivity index (χ2v) is 9.42. The van der Waals surface area contributed by atoms with Crippen LogP contribution in [0.2, 0.25) is 0 Å². The third-order valence-corrected chi connectivity index (χ3v) is 7.26. The standard InChI is InChI=1S/C27H32N6O3/c1-36-24-9-7-23(8-10-24)30-15-17-32(18-16-30)27-25(33(34)35)26(28-20-29-27)31-13-11-22(12-14-31)19-21-5-3-2-4-6-21/h2-10,20,22H,11-19H2,1H3. The first kappa shape index (κ1) is 23.8. The zero-order chi connectivity index (χ0) is 24.9. The molecule has 9 heteroatoms. The highest BCUT2D eigenvalue weighted by molar-refractivity contribution is 5.71. The molecule has 1 aromatic heterocycles. The van der Waals surface area contributed by atoms with Gasteiger partial charge in [-0.25, -0.2) is 9.97 Å². The van der Waals surface area contributed by atoms with Crippen molar-refractivity contribution in [3.63, 3.8) is 0 Å². The molecule has 2 aliphatic heterocycles. The first-order chi connectivity index (χ1) is 17.6. The van der Waals surface area contributed by atoms with Gasteiger partial charge in [0.05, 0.1) is 12.0 Å². The number of benzene rings is 2. The third kappa shape index (κ3) is 5.19. The monoisotopic (exact) mass is 488 g/mol. The fourth-order valence-electron chi connectivity index (χ4n) is 5.25. The van der Waals surface area contributed by atoms with Crippen LogP contribution in [0.15, 0.2) is 60.9 Å². The average molecular weight is 489 g/mol. The van der Waals surface area contributed by atoms with E-state index >= 15 is 0 Å². The van der Waals surface area contributed by atoms with Gasteiger partial charge in [0.15, 0.2) is 0 Å². The highest BCUT2D eigenvalue weighted by Crippen LogP contribution is 2.37. The average Bonchev–Trinajstić information content (AvgIpc) is 2.94. The van der Waals surface area contributed by atoms with Crippen molar-refractivity contribution in [2.45, 2.75) is 19.3 Å². The van der Waals surface area contributed by atoms with Crippen molar-refractivity contribution < 1.29 is 9.66 Å². The van der Waals surface area contributed by atoms with Crippen LogP contribution in [0.5, 0.6) is 5.75 Å². The molecular formula is C27H32N6O3. The third-order valence-electron chi connectivity index (χ3n) is 7.26. The zero-order valence-corrected chi connectivity index (χ0v) is 20.6. The van der Waals surface area contributed by atoms with Gasteiger partial charge in [-0.3, -0.25) is 10.1 Å². The van der Waals surface area contributed by atoms with Crippen molar-refractivity contribution in [2.75, 3.05) is 61.1 Å². The van der Waals surface area contributed by atoms with Gasteiger partial charge >= 0.3 is 5.69 Å². The Morgan fingerprint density at radius 3 is 2.03 bits per heavy atom. The predicted molar refractivity (Wildman–Crippen MR) is 141 cm³/mol. The molecule has 2 aromatic carbocycles. The summed E-state index contributed by atoms with van der Waals surface area (Å²) >= 11 is 0. The molecule has 3 heterocycles. The summed E-state index contributed by atoms with van der Waals surface area (Å²) in [4.78, 5) is 27.1. The second kappa shape index (κ2) is 10.8. The van der Waals surface area contributed by atoms with E-state index in [1.54, 1.807) is 7.11 Å². The fourth-order valence-corrected chi connectivity index (χ4v) is 5.25. The first-order valence-corrected chi connectivity index (χ1v) is 12.5. The van der Waals surface area contributed by atoms with Gasteiger partial charge in [-0.1, -0.05) is 30.3 Å². The number of piperidine rings is 1. The molecule has 3 aromatic rings. The number of nitrogens with zero attached hydrogens (tertiary/aromatic N) is 6. The van der Waals surface area contributed by atoms with Crippen molar-refractivity contribution in [1.29, 1.82) is 0 Å². The molecule has 2 aliphatic rings. The summed E-state index contributed by atoms with van der Waals surface area (Å²) in [5, 5.41) is 12.2. The summed E-state index contributed by atoms with van der Waals surface area (Å²) in [5.41, 5.74) is 2.49. The lowest BCUT2D eigenvalue weighted by Gasteiger charge is -2.37. The highest BCUT2D eigenvalue weighted by Gasteiger charge is 2.33. The van der Waals surface area contributed by atoms with Gasteiger partial charge in [0.2, 0.25) is 11.6 Å². The van der Waals surface area contributed by atoms with E-state index in [9.17, 15) is 10.1 Å². The Morgan fingerprint density at radius 1 is 0.861 bits per heavy atom. The zero-order valence-electron chi connectivity index (χ0n) is 20.6. The molecule has 0 unspecified atom stereocenters. The number of piperazine rings is 1. The summed E-state index contributed by atoms with van der Waals surface area (Å²) in [6.45, 7) is 4.35. The lowest BCUT2D eigenvalue weighted by atomic mass is 9.90. The van der Waals surface area contributed by atoms with Crippen LogP contribution < -0.4 is 19.4 Å². The Hall–Kier alpha value is -3.88. The molecule has 0 N–H and O–H groups in total. The number of anilines is 3. The Labute approximate surface area is 211 Å². The van der Waals surface area contributed by atoms with E-state index in [-0.39, 0.29) is 10.6 Å². The van der Waals surface area contributed by atoms with Crippen LogP contribution in [0.1, 0.15) is 18.4 Å². The van der Waals surface area contributed by atoms with Gasteiger partial charge < -0.3 is 19.4 Å². The lowest BCUT2D eigenvalue weighted by molar-refractivity contribution is -0.383. The van der Waals surface area contributed by atoms with Crippen LogP contribution in [0, 0.1) is 16.0 Å². The van der Waals surface area contributed by atoms with Gasteiger partial charge in [0.1, 0.15) is 12.1 Å². The molecule has 0 spiro atoms. The summed E-state index contributed by atoms with van der Waals surface area (Å²) in [5.74, 6) is 2.27. The van der Waals surface area contributed by atoms with Gasteiger partial charge in [0.25, 0.3) is 0 Å². The Balaban J connectivity index is 1.26. The molecule has 0 atom stereocenters. The number of ether oxygens (including phenoxy) is 1. The molecule has 0 saturated carbocycles. The molecule has 9 nitrogen and oxygen atoms in total.